The second-order valence-electron chi connectivity index (χ2n) is 8.75. The van der Waals surface area contributed by atoms with Gasteiger partial charge in [-0.25, -0.2) is 0 Å². The van der Waals surface area contributed by atoms with Gasteiger partial charge >= 0.3 is 6.18 Å². The summed E-state index contributed by atoms with van der Waals surface area (Å²) in [5.74, 6) is 0.919. The van der Waals surface area contributed by atoms with E-state index >= 15 is 0 Å². The lowest BCUT2D eigenvalue weighted by molar-refractivity contribution is -0.137. The number of rotatable bonds is 5. The Hall–Kier alpha value is -2.88. The fourth-order valence-electron chi connectivity index (χ4n) is 4.90. The molecule has 1 heterocycles. The molecule has 1 unspecified atom stereocenters. The molecule has 168 valence electrons. The van der Waals surface area contributed by atoms with Crippen molar-refractivity contribution >= 4 is 5.78 Å². The Bertz CT molecular complexity index is 1020. The van der Waals surface area contributed by atoms with E-state index < -0.39 is 17.3 Å². The number of pyridine rings is 1. The van der Waals surface area contributed by atoms with E-state index in [1.54, 1.807) is 12.3 Å². The highest BCUT2D eigenvalue weighted by Gasteiger charge is 2.34. The summed E-state index contributed by atoms with van der Waals surface area (Å²) in [7, 11) is 0. The number of halogens is 3. The fourth-order valence-corrected chi connectivity index (χ4v) is 4.90. The monoisotopic (exact) mass is 442 g/mol. The zero-order valence-electron chi connectivity index (χ0n) is 17.7. The SMILES string of the molecule is N#Cc1ccc(OC2CCC(CCC3CCc4ncccc4C3=O)CC2)cc1C(F)(F)F. The summed E-state index contributed by atoms with van der Waals surface area (Å²) in [6.45, 7) is 0. The predicted molar refractivity (Wildman–Crippen MR) is 112 cm³/mol. The molecule has 0 saturated heterocycles. The Morgan fingerprint density at radius 3 is 2.59 bits per heavy atom. The van der Waals surface area contributed by atoms with Crippen LogP contribution in [0.2, 0.25) is 0 Å². The van der Waals surface area contributed by atoms with Gasteiger partial charge in [0.25, 0.3) is 0 Å². The molecule has 0 amide bonds. The molecule has 7 heteroatoms. The topological polar surface area (TPSA) is 63.0 Å². The molecule has 1 aromatic heterocycles. The Labute approximate surface area is 185 Å². The maximum absolute atomic E-state index is 13.2. The lowest BCUT2D eigenvalue weighted by Gasteiger charge is -2.30. The molecule has 1 saturated carbocycles. The Morgan fingerprint density at radius 2 is 1.88 bits per heavy atom. The van der Waals surface area contributed by atoms with Gasteiger partial charge in [0, 0.05) is 17.7 Å². The summed E-state index contributed by atoms with van der Waals surface area (Å²) in [5, 5.41) is 8.92. The molecule has 2 aliphatic rings. The van der Waals surface area contributed by atoms with Crippen molar-refractivity contribution in [2.75, 3.05) is 0 Å². The Kier molecular flexibility index (Phi) is 6.50. The molecule has 1 atom stereocenters. The molecule has 2 aromatic rings. The van der Waals surface area contributed by atoms with Crippen LogP contribution in [0.3, 0.4) is 0 Å². The van der Waals surface area contributed by atoms with Crippen LogP contribution >= 0.6 is 0 Å². The lowest BCUT2D eigenvalue weighted by atomic mass is 9.78. The number of aromatic nitrogens is 1. The van der Waals surface area contributed by atoms with Crippen molar-refractivity contribution in [3.63, 3.8) is 0 Å². The standard InChI is InChI=1S/C25H25F3N2O2/c26-25(27,28)22-14-20(11-7-18(22)15-29)32-19-9-4-16(5-10-19)3-6-17-8-12-23-21(24(17)31)2-1-13-30-23/h1-2,7,11,13-14,16-17,19H,3-6,8-10,12H2. The van der Waals surface area contributed by atoms with Crippen molar-refractivity contribution < 1.29 is 22.7 Å². The zero-order chi connectivity index (χ0) is 22.7. The number of nitrogens with zero attached hydrogens (tertiary/aromatic N) is 2. The van der Waals surface area contributed by atoms with Gasteiger partial charge in [0.15, 0.2) is 5.78 Å². The molecule has 2 aliphatic carbocycles. The third kappa shape index (κ3) is 4.95. The van der Waals surface area contributed by atoms with Crippen molar-refractivity contribution in [2.24, 2.45) is 11.8 Å². The van der Waals surface area contributed by atoms with Gasteiger partial charge in [0.1, 0.15) is 5.75 Å². The molecule has 4 nitrogen and oxygen atoms in total. The summed E-state index contributed by atoms with van der Waals surface area (Å²) < 4.78 is 45.3. The van der Waals surface area contributed by atoms with Crippen LogP contribution in [-0.4, -0.2) is 16.9 Å². The van der Waals surface area contributed by atoms with Gasteiger partial charge in [-0.1, -0.05) is 0 Å². The predicted octanol–water partition coefficient (Wildman–Crippen LogP) is 6.14. The first kappa shape index (κ1) is 22.3. The van der Waals surface area contributed by atoms with Crippen LogP contribution in [0.25, 0.3) is 0 Å². The lowest BCUT2D eigenvalue weighted by Crippen LogP contribution is -2.26. The van der Waals surface area contributed by atoms with Crippen LogP contribution in [-0.2, 0) is 12.6 Å². The molecule has 1 aromatic carbocycles. The number of carbonyl (C=O) groups is 1. The first-order valence-corrected chi connectivity index (χ1v) is 11.1. The van der Waals surface area contributed by atoms with Gasteiger partial charge < -0.3 is 4.74 Å². The minimum absolute atomic E-state index is 0.0557. The first-order chi connectivity index (χ1) is 15.3. The van der Waals surface area contributed by atoms with E-state index in [4.69, 9.17) is 10.00 Å². The normalized spacial score (nSPS) is 23.3. The Morgan fingerprint density at radius 1 is 1.09 bits per heavy atom. The van der Waals surface area contributed by atoms with Crippen LogP contribution in [0.4, 0.5) is 13.2 Å². The molecule has 0 aliphatic heterocycles. The molecule has 4 rings (SSSR count). The van der Waals surface area contributed by atoms with Crippen molar-refractivity contribution in [1.29, 1.82) is 5.26 Å². The van der Waals surface area contributed by atoms with Gasteiger partial charge in [-0.15, -0.1) is 0 Å². The summed E-state index contributed by atoms with van der Waals surface area (Å²) in [6, 6.07) is 8.78. The minimum atomic E-state index is -4.59. The molecule has 0 N–H and O–H groups in total. The minimum Gasteiger partial charge on any atom is -0.490 e. The summed E-state index contributed by atoms with van der Waals surface area (Å²) >= 11 is 0. The van der Waals surface area contributed by atoms with Gasteiger partial charge in [-0.2, -0.15) is 18.4 Å². The summed E-state index contributed by atoms with van der Waals surface area (Å²) in [4.78, 5) is 17.0. The first-order valence-electron chi connectivity index (χ1n) is 11.1. The fraction of sp³-hybridized carbons (Fsp3) is 0.480. The number of benzene rings is 1. The summed E-state index contributed by atoms with van der Waals surface area (Å²) in [5.41, 5.74) is 0.314. The molecular weight excluding hydrogens is 417 g/mol. The highest BCUT2D eigenvalue weighted by Crippen LogP contribution is 2.37. The van der Waals surface area contributed by atoms with Crippen molar-refractivity contribution in [3.8, 4) is 11.8 Å². The van der Waals surface area contributed by atoms with E-state index in [2.05, 4.69) is 4.98 Å². The van der Waals surface area contributed by atoms with Gasteiger partial charge in [0.05, 0.1) is 29.0 Å². The number of hydrogen-bond acceptors (Lipinski definition) is 4. The second kappa shape index (κ2) is 9.32. The number of aryl methyl sites for hydroxylation is 1. The zero-order valence-corrected chi connectivity index (χ0v) is 17.7. The average molecular weight is 442 g/mol. The molecular formula is C25H25F3N2O2. The second-order valence-corrected chi connectivity index (χ2v) is 8.75. The molecule has 0 bridgehead atoms. The quantitative estimate of drug-likeness (QED) is 0.558. The van der Waals surface area contributed by atoms with Gasteiger partial charge in [0.2, 0.25) is 0 Å². The maximum atomic E-state index is 13.2. The van der Waals surface area contributed by atoms with Crippen molar-refractivity contribution in [2.45, 2.75) is 63.6 Å². The van der Waals surface area contributed by atoms with E-state index in [0.717, 1.165) is 68.7 Å². The van der Waals surface area contributed by atoms with Crippen molar-refractivity contribution in [1.82, 2.24) is 4.98 Å². The van der Waals surface area contributed by atoms with Crippen LogP contribution in [0.15, 0.2) is 36.5 Å². The number of alkyl halides is 3. The third-order valence-electron chi connectivity index (χ3n) is 6.69. The molecule has 32 heavy (non-hydrogen) atoms. The number of Topliss-reactive ketones (excluding diaryl/α,β-unsaturated/α-hetero) is 1. The van der Waals surface area contributed by atoms with Crippen LogP contribution in [0.5, 0.6) is 5.75 Å². The maximum Gasteiger partial charge on any atom is 0.417 e. The van der Waals surface area contributed by atoms with E-state index in [1.165, 1.54) is 12.1 Å². The van der Waals surface area contributed by atoms with E-state index in [9.17, 15) is 18.0 Å². The highest BCUT2D eigenvalue weighted by atomic mass is 19.4. The highest BCUT2D eigenvalue weighted by molar-refractivity contribution is 5.99. The largest absolute Gasteiger partial charge is 0.490 e. The number of nitriles is 1. The van der Waals surface area contributed by atoms with Crippen LogP contribution < -0.4 is 4.74 Å². The van der Waals surface area contributed by atoms with Crippen LogP contribution in [0, 0.1) is 23.2 Å². The molecule has 1 fully saturated rings. The van der Waals surface area contributed by atoms with E-state index in [0.29, 0.717) is 5.92 Å². The van der Waals surface area contributed by atoms with E-state index in [-0.39, 0.29) is 23.6 Å². The number of ether oxygens (including phenoxy) is 1. The number of fused-ring (bicyclic) bond motifs is 1. The third-order valence-corrected chi connectivity index (χ3v) is 6.69. The molecule has 0 radical (unpaired) electrons. The number of ketones is 1. The summed E-state index contributed by atoms with van der Waals surface area (Å²) in [6.07, 6.45) is 3.98. The van der Waals surface area contributed by atoms with Crippen molar-refractivity contribution in [3.05, 3.63) is 58.9 Å². The van der Waals surface area contributed by atoms with Crippen LogP contribution in [0.1, 0.15) is 72.1 Å². The van der Waals surface area contributed by atoms with Gasteiger partial charge in [-0.05, 0) is 87.6 Å². The number of carbonyl (C=O) groups excluding carboxylic acids is 1. The smallest absolute Gasteiger partial charge is 0.417 e. The Balaban J connectivity index is 1.27. The molecule has 0 spiro atoms. The van der Waals surface area contributed by atoms with E-state index in [1.807, 2.05) is 12.1 Å². The van der Waals surface area contributed by atoms with Gasteiger partial charge in [-0.3, -0.25) is 9.78 Å². The average Bonchev–Trinajstić information content (AvgIpc) is 2.79. The number of hydrogen-bond donors (Lipinski definition) is 0.